The zero-order valence-corrected chi connectivity index (χ0v) is 17.0. The first kappa shape index (κ1) is 17.7. The van der Waals surface area contributed by atoms with Crippen molar-refractivity contribution in [2.75, 3.05) is 0 Å². The fourth-order valence-electron chi connectivity index (χ4n) is 4.31. The van der Waals surface area contributed by atoms with Crippen molar-refractivity contribution < 1.29 is 9.53 Å². The number of esters is 1. The lowest BCUT2D eigenvalue weighted by molar-refractivity contribution is 0.0467. The van der Waals surface area contributed by atoms with E-state index in [0.29, 0.717) is 22.3 Å². The van der Waals surface area contributed by atoms with Gasteiger partial charge in [0.2, 0.25) is 0 Å². The first-order valence-corrected chi connectivity index (χ1v) is 10.7. The number of carbonyl (C=O) groups is 1. The molecule has 0 bridgehead atoms. The van der Waals surface area contributed by atoms with Gasteiger partial charge in [-0.2, -0.15) is 0 Å². The lowest BCUT2D eigenvalue weighted by atomic mass is 10.0. The molecule has 7 heteroatoms. The molecular weight excluding hydrogens is 374 g/mol. The Bertz CT molecular complexity index is 1150. The van der Waals surface area contributed by atoms with Gasteiger partial charge in [0.1, 0.15) is 6.61 Å². The topological polar surface area (TPSA) is 65.6 Å². The molecule has 28 heavy (non-hydrogen) atoms. The number of aromatic nitrogens is 3. The Morgan fingerprint density at radius 3 is 2.82 bits per heavy atom. The van der Waals surface area contributed by atoms with Crippen molar-refractivity contribution >= 4 is 22.3 Å². The maximum absolute atomic E-state index is 12.6. The summed E-state index contributed by atoms with van der Waals surface area (Å²) in [5, 5.41) is 0. The Kier molecular flexibility index (Phi) is 4.16. The number of aryl methyl sites for hydroxylation is 3. The highest BCUT2D eigenvalue weighted by molar-refractivity contribution is 7.17. The summed E-state index contributed by atoms with van der Waals surface area (Å²) >= 11 is 1.58. The molecule has 3 aromatic heterocycles. The number of thiazole rings is 1. The van der Waals surface area contributed by atoms with Crippen molar-refractivity contribution in [1.82, 2.24) is 14.0 Å². The highest BCUT2D eigenvalue weighted by Crippen LogP contribution is 2.38. The number of hydrogen-bond donors (Lipinski definition) is 0. The second-order valence-electron chi connectivity index (χ2n) is 7.84. The Labute approximate surface area is 166 Å². The highest BCUT2D eigenvalue weighted by atomic mass is 32.1. The molecule has 0 N–H and O–H groups in total. The summed E-state index contributed by atoms with van der Waals surface area (Å²) in [6.45, 7) is 4.01. The van der Waals surface area contributed by atoms with Gasteiger partial charge < -0.3 is 9.30 Å². The van der Waals surface area contributed by atoms with Gasteiger partial charge in [-0.15, -0.1) is 11.3 Å². The van der Waals surface area contributed by atoms with E-state index in [-0.39, 0.29) is 18.1 Å². The Morgan fingerprint density at radius 1 is 1.25 bits per heavy atom. The number of hydrogen-bond acceptors (Lipinski definition) is 5. The van der Waals surface area contributed by atoms with Crippen LogP contribution in [0.25, 0.3) is 4.96 Å². The average Bonchev–Trinajstić information content (AvgIpc) is 3.35. The minimum atomic E-state index is -0.354. The Balaban J connectivity index is 1.38. The maximum Gasteiger partial charge on any atom is 0.340 e. The number of rotatable bonds is 4. The van der Waals surface area contributed by atoms with E-state index in [1.165, 1.54) is 23.8 Å². The number of ether oxygens (including phenoxy) is 1. The number of fused-ring (bicyclic) bond motifs is 3. The summed E-state index contributed by atoms with van der Waals surface area (Å²) in [4.78, 5) is 31.8. The third-order valence-corrected chi connectivity index (χ3v) is 6.92. The van der Waals surface area contributed by atoms with E-state index in [2.05, 4.69) is 9.55 Å². The van der Waals surface area contributed by atoms with Gasteiger partial charge in [-0.3, -0.25) is 9.20 Å². The fraction of sp³-hybridized carbons (Fsp3) is 0.476. The zero-order valence-electron chi connectivity index (χ0n) is 16.2. The van der Waals surface area contributed by atoms with Crippen molar-refractivity contribution in [2.24, 2.45) is 0 Å². The molecule has 0 unspecified atom stereocenters. The largest absolute Gasteiger partial charge is 0.456 e. The molecule has 0 amide bonds. The van der Waals surface area contributed by atoms with Crippen molar-refractivity contribution in [1.29, 1.82) is 0 Å². The van der Waals surface area contributed by atoms with Crippen LogP contribution in [-0.4, -0.2) is 19.9 Å². The van der Waals surface area contributed by atoms with Gasteiger partial charge in [0.05, 0.1) is 11.3 Å². The third-order valence-electron chi connectivity index (χ3n) is 5.78. The number of nitrogens with zero attached hydrogens (tertiary/aromatic N) is 3. The molecular formula is C21H23N3O3S. The fourth-order valence-corrected chi connectivity index (χ4v) is 5.54. The van der Waals surface area contributed by atoms with Crippen LogP contribution in [0.15, 0.2) is 16.9 Å². The smallest absolute Gasteiger partial charge is 0.340 e. The second kappa shape index (κ2) is 6.58. The van der Waals surface area contributed by atoms with E-state index in [0.717, 1.165) is 42.8 Å². The summed E-state index contributed by atoms with van der Waals surface area (Å²) in [6, 6.07) is 3.92. The standard InChI is InChI=1S/C21H23N3O3S/c1-12-9-16(13(2)23(12)15-7-8-15)20(26)27-11-14-10-19(25)24-17-5-3-4-6-18(17)28-21(24)22-14/h9-10,15H,3-8,11H2,1-2H3. The second-order valence-corrected chi connectivity index (χ2v) is 8.91. The van der Waals surface area contributed by atoms with E-state index in [9.17, 15) is 9.59 Å². The zero-order chi connectivity index (χ0) is 19.4. The van der Waals surface area contributed by atoms with Crippen LogP contribution in [0.4, 0.5) is 0 Å². The monoisotopic (exact) mass is 397 g/mol. The van der Waals surface area contributed by atoms with Crippen molar-refractivity contribution in [2.45, 2.75) is 65.0 Å². The molecule has 0 aromatic carbocycles. The summed E-state index contributed by atoms with van der Waals surface area (Å²) in [7, 11) is 0. The number of carbonyl (C=O) groups excluding carboxylic acids is 1. The molecule has 5 rings (SSSR count). The molecule has 0 aliphatic heterocycles. The molecule has 2 aliphatic carbocycles. The summed E-state index contributed by atoms with van der Waals surface area (Å²) in [6.07, 6.45) is 6.57. The van der Waals surface area contributed by atoms with Gasteiger partial charge in [-0.05, 0) is 58.4 Å². The molecule has 146 valence electrons. The van der Waals surface area contributed by atoms with E-state index in [1.807, 2.05) is 19.9 Å². The van der Waals surface area contributed by atoms with Crippen LogP contribution in [0.2, 0.25) is 0 Å². The Morgan fingerprint density at radius 2 is 2.04 bits per heavy atom. The quantitative estimate of drug-likeness (QED) is 0.629. The van der Waals surface area contributed by atoms with Crippen LogP contribution in [-0.2, 0) is 24.2 Å². The van der Waals surface area contributed by atoms with Crippen molar-refractivity contribution in [3.8, 4) is 0 Å². The molecule has 0 atom stereocenters. The van der Waals surface area contributed by atoms with Gasteiger partial charge in [-0.25, -0.2) is 9.78 Å². The van der Waals surface area contributed by atoms with Gasteiger partial charge in [-0.1, -0.05) is 0 Å². The van der Waals surface area contributed by atoms with Crippen LogP contribution < -0.4 is 5.56 Å². The van der Waals surface area contributed by atoms with Crippen molar-refractivity contribution in [3.05, 3.63) is 55.7 Å². The maximum atomic E-state index is 12.6. The van der Waals surface area contributed by atoms with E-state index in [4.69, 9.17) is 4.74 Å². The minimum absolute atomic E-state index is 0.0141. The molecule has 0 saturated heterocycles. The molecule has 0 spiro atoms. The third kappa shape index (κ3) is 2.89. The van der Waals surface area contributed by atoms with E-state index >= 15 is 0 Å². The molecule has 1 saturated carbocycles. The van der Waals surface area contributed by atoms with Crippen LogP contribution in [0.1, 0.15) is 69.7 Å². The highest BCUT2D eigenvalue weighted by Gasteiger charge is 2.29. The average molecular weight is 398 g/mol. The lowest BCUT2D eigenvalue weighted by Crippen LogP contribution is -2.18. The summed E-state index contributed by atoms with van der Waals surface area (Å²) < 4.78 is 9.47. The normalized spacial score (nSPS) is 16.4. The Hall–Kier alpha value is -2.41. The first-order valence-electron chi connectivity index (χ1n) is 9.91. The van der Waals surface area contributed by atoms with Crippen molar-refractivity contribution in [3.63, 3.8) is 0 Å². The van der Waals surface area contributed by atoms with Gasteiger partial charge in [0.25, 0.3) is 5.56 Å². The van der Waals surface area contributed by atoms with E-state index < -0.39 is 0 Å². The molecule has 3 aromatic rings. The molecule has 0 radical (unpaired) electrons. The summed E-state index contributed by atoms with van der Waals surface area (Å²) in [5.74, 6) is -0.354. The first-order chi connectivity index (χ1) is 13.5. The molecule has 3 heterocycles. The van der Waals surface area contributed by atoms with Crippen LogP contribution in [0, 0.1) is 13.8 Å². The van der Waals surface area contributed by atoms with Gasteiger partial charge in [0, 0.05) is 34.1 Å². The predicted molar refractivity (Wildman–Crippen MR) is 107 cm³/mol. The molecule has 2 aliphatic rings. The molecule has 6 nitrogen and oxygen atoms in total. The van der Waals surface area contributed by atoms with Crippen LogP contribution in [0.5, 0.6) is 0 Å². The molecule has 1 fully saturated rings. The SMILES string of the molecule is Cc1cc(C(=O)OCc2cc(=O)n3c4c(sc3n2)CCCC4)c(C)n1C1CC1. The van der Waals surface area contributed by atoms with Gasteiger partial charge >= 0.3 is 5.97 Å². The predicted octanol–water partition coefficient (Wildman–Crippen LogP) is 3.75. The van der Waals surface area contributed by atoms with Gasteiger partial charge in [0.15, 0.2) is 4.96 Å². The lowest BCUT2D eigenvalue weighted by Gasteiger charge is -2.10. The van der Waals surface area contributed by atoms with Crippen LogP contribution in [0.3, 0.4) is 0 Å². The summed E-state index contributed by atoms with van der Waals surface area (Å²) in [5.41, 5.74) is 4.19. The van der Waals surface area contributed by atoms with Crippen LogP contribution >= 0.6 is 11.3 Å². The minimum Gasteiger partial charge on any atom is -0.456 e. The van der Waals surface area contributed by atoms with E-state index in [1.54, 1.807) is 15.7 Å².